The first-order valence-corrected chi connectivity index (χ1v) is 2.05. The van der Waals surface area contributed by atoms with Crippen molar-refractivity contribution in [2.24, 2.45) is 10.8 Å². The van der Waals surface area contributed by atoms with Crippen molar-refractivity contribution in [1.29, 1.82) is 0 Å². The molecule has 0 bridgehead atoms. The number of azide groups is 1. The highest BCUT2D eigenvalue weighted by Crippen LogP contribution is 1.82. The van der Waals surface area contributed by atoms with Crippen molar-refractivity contribution in [3.8, 4) is 0 Å². The molecule has 0 aliphatic heterocycles. The lowest BCUT2D eigenvalue weighted by atomic mass is 10.4. The lowest BCUT2D eigenvalue weighted by Crippen LogP contribution is -2.12. The molecule has 0 heterocycles. The van der Waals surface area contributed by atoms with Crippen LogP contribution in [0.5, 0.6) is 0 Å². The Morgan fingerprint density at radius 2 is 2.57 bits per heavy atom. The van der Waals surface area contributed by atoms with Crippen LogP contribution in [0.2, 0.25) is 0 Å². The predicted molar refractivity (Wildman–Crippen MR) is 27.7 cm³/mol. The van der Waals surface area contributed by atoms with Gasteiger partial charge in [-0.15, -0.1) is 0 Å². The Hall–Kier alpha value is -0.730. The van der Waals surface area contributed by atoms with Gasteiger partial charge < -0.3 is 5.73 Å². The molecular weight excluding hydrogens is 92.1 g/mol. The minimum absolute atomic E-state index is 0.0648. The molecule has 4 heteroatoms. The number of rotatable bonds is 2. The van der Waals surface area contributed by atoms with Crippen LogP contribution in [0.15, 0.2) is 5.11 Å². The van der Waals surface area contributed by atoms with Crippen molar-refractivity contribution >= 4 is 0 Å². The molecule has 0 amide bonds. The van der Waals surface area contributed by atoms with Gasteiger partial charge in [0.2, 0.25) is 0 Å². The Kier molecular flexibility index (Phi) is 3.10. The van der Waals surface area contributed by atoms with E-state index in [0.717, 1.165) is 0 Å². The number of hydrogen-bond donors (Lipinski definition) is 1. The second-order valence-electron chi connectivity index (χ2n) is 1.29. The van der Waals surface area contributed by atoms with E-state index < -0.39 is 0 Å². The molecule has 0 aromatic carbocycles. The maximum absolute atomic E-state index is 7.77. The molecule has 1 atom stereocenters. The summed E-state index contributed by atoms with van der Waals surface area (Å²) in [6.45, 7) is 2.18. The first kappa shape index (κ1) is 6.27. The summed E-state index contributed by atoms with van der Waals surface area (Å²) < 4.78 is 0. The smallest absolute Gasteiger partial charge is 0.0468 e. The third kappa shape index (κ3) is 3.09. The predicted octanol–water partition coefficient (Wildman–Crippen LogP) is 0.644. The van der Waals surface area contributed by atoms with Crippen LogP contribution in [0.3, 0.4) is 0 Å². The van der Waals surface area contributed by atoms with Gasteiger partial charge in [0.1, 0.15) is 0 Å². The fourth-order valence-corrected chi connectivity index (χ4v) is 0.135. The van der Waals surface area contributed by atoms with E-state index in [1.54, 1.807) is 6.92 Å². The van der Waals surface area contributed by atoms with Crippen LogP contribution in [0.1, 0.15) is 6.92 Å². The maximum atomic E-state index is 7.77. The molecule has 0 aliphatic rings. The second-order valence-corrected chi connectivity index (χ2v) is 1.29. The fourth-order valence-electron chi connectivity index (χ4n) is 0.135. The Bertz CT molecular complexity index is 82.9. The summed E-state index contributed by atoms with van der Waals surface area (Å²) >= 11 is 0. The normalized spacial score (nSPS) is 12.3. The minimum atomic E-state index is -0.0648. The Balaban J connectivity index is 3.35. The summed E-state index contributed by atoms with van der Waals surface area (Å²) in [5, 5.41) is 3.30. The molecule has 0 rings (SSSR count). The highest BCUT2D eigenvalue weighted by Gasteiger charge is 1.88. The van der Waals surface area contributed by atoms with Crippen LogP contribution >= 0.6 is 0 Å². The van der Waals surface area contributed by atoms with Crippen LogP contribution in [-0.2, 0) is 0 Å². The van der Waals surface area contributed by atoms with E-state index in [-0.39, 0.29) is 6.04 Å². The van der Waals surface area contributed by atoms with E-state index in [1.165, 1.54) is 0 Å². The number of nitrogens with two attached hydrogens (primary N) is 1. The quantitative estimate of drug-likeness (QED) is 0.308. The standard InChI is InChI=1S/C3H8N4/c1-3(2-4)6-7-5/h3H,2,4H2,1H3/t3-/m0/s1. The first-order chi connectivity index (χ1) is 3.31. The summed E-state index contributed by atoms with van der Waals surface area (Å²) in [4.78, 5) is 2.55. The Labute approximate surface area is 41.9 Å². The van der Waals surface area contributed by atoms with Crippen LogP contribution in [0, 0.1) is 0 Å². The Morgan fingerprint density at radius 1 is 2.00 bits per heavy atom. The summed E-state index contributed by atoms with van der Waals surface area (Å²) in [5.41, 5.74) is 12.9. The molecule has 40 valence electrons. The zero-order valence-corrected chi connectivity index (χ0v) is 4.20. The maximum Gasteiger partial charge on any atom is 0.0468 e. The first-order valence-electron chi connectivity index (χ1n) is 2.05. The zero-order chi connectivity index (χ0) is 5.70. The summed E-state index contributed by atoms with van der Waals surface area (Å²) in [6, 6.07) is -0.0648. The molecule has 0 spiro atoms. The van der Waals surface area contributed by atoms with E-state index in [2.05, 4.69) is 10.0 Å². The van der Waals surface area contributed by atoms with Crippen LogP contribution < -0.4 is 5.73 Å². The van der Waals surface area contributed by atoms with E-state index in [4.69, 9.17) is 11.3 Å². The molecule has 0 aromatic heterocycles. The lowest BCUT2D eigenvalue weighted by Gasteiger charge is -1.92. The van der Waals surface area contributed by atoms with E-state index in [0.29, 0.717) is 6.54 Å². The molecule has 7 heavy (non-hydrogen) atoms. The van der Waals surface area contributed by atoms with Gasteiger partial charge in [-0.3, -0.25) is 0 Å². The largest absolute Gasteiger partial charge is 0.330 e. The minimum Gasteiger partial charge on any atom is -0.330 e. The van der Waals surface area contributed by atoms with Gasteiger partial charge in [-0.05, 0) is 5.53 Å². The monoisotopic (exact) mass is 100 g/mol. The number of hydrogen-bond acceptors (Lipinski definition) is 2. The van der Waals surface area contributed by atoms with Gasteiger partial charge in [0.15, 0.2) is 0 Å². The van der Waals surface area contributed by atoms with Gasteiger partial charge in [-0.2, -0.15) is 0 Å². The molecule has 0 saturated carbocycles. The molecule has 4 nitrogen and oxygen atoms in total. The summed E-state index contributed by atoms with van der Waals surface area (Å²) in [7, 11) is 0. The van der Waals surface area contributed by atoms with Gasteiger partial charge in [0, 0.05) is 17.5 Å². The van der Waals surface area contributed by atoms with Gasteiger partial charge in [0.25, 0.3) is 0 Å². The van der Waals surface area contributed by atoms with Crippen molar-refractivity contribution in [2.75, 3.05) is 6.54 Å². The van der Waals surface area contributed by atoms with E-state index >= 15 is 0 Å². The van der Waals surface area contributed by atoms with Crippen molar-refractivity contribution in [1.82, 2.24) is 0 Å². The van der Waals surface area contributed by atoms with Gasteiger partial charge >= 0.3 is 0 Å². The van der Waals surface area contributed by atoms with Crippen molar-refractivity contribution in [3.63, 3.8) is 0 Å². The fraction of sp³-hybridized carbons (Fsp3) is 1.00. The summed E-state index contributed by atoms with van der Waals surface area (Å²) in [6.07, 6.45) is 0. The van der Waals surface area contributed by atoms with Gasteiger partial charge in [0.05, 0.1) is 0 Å². The molecule has 0 radical (unpaired) electrons. The van der Waals surface area contributed by atoms with Gasteiger partial charge in [-0.25, -0.2) is 0 Å². The van der Waals surface area contributed by atoms with E-state index in [9.17, 15) is 0 Å². The summed E-state index contributed by atoms with van der Waals surface area (Å²) in [5.74, 6) is 0. The van der Waals surface area contributed by atoms with Crippen LogP contribution in [0.4, 0.5) is 0 Å². The highest BCUT2D eigenvalue weighted by atomic mass is 15.1. The van der Waals surface area contributed by atoms with Gasteiger partial charge in [-0.1, -0.05) is 12.0 Å². The lowest BCUT2D eigenvalue weighted by molar-refractivity contribution is 0.745. The molecule has 2 N–H and O–H groups in total. The number of nitrogens with zero attached hydrogens (tertiary/aromatic N) is 3. The third-order valence-electron chi connectivity index (χ3n) is 0.590. The molecule has 0 aromatic rings. The third-order valence-corrected chi connectivity index (χ3v) is 0.590. The zero-order valence-electron chi connectivity index (χ0n) is 4.20. The average molecular weight is 100 g/mol. The highest BCUT2D eigenvalue weighted by molar-refractivity contribution is 4.58. The van der Waals surface area contributed by atoms with Crippen molar-refractivity contribution in [3.05, 3.63) is 10.4 Å². The molecule has 0 fully saturated rings. The van der Waals surface area contributed by atoms with Crippen molar-refractivity contribution < 1.29 is 0 Å². The molecular formula is C3H8N4. The average Bonchev–Trinajstić information content (AvgIpc) is 1.68. The molecule has 0 aliphatic carbocycles. The van der Waals surface area contributed by atoms with Crippen molar-refractivity contribution in [2.45, 2.75) is 13.0 Å². The molecule has 0 saturated heterocycles. The van der Waals surface area contributed by atoms with E-state index in [1.807, 2.05) is 0 Å². The topological polar surface area (TPSA) is 74.8 Å². The Morgan fingerprint density at radius 3 is 2.71 bits per heavy atom. The van der Waals surface area contributed by atoms with Crippen LogP contribution in [0.25, 0.3) is 10.4 Å². The second kappa shape index (κ2) is 3.46. The SMILES string of the molecule is C[C@@H](CN)N=[N+]=[N-]. The van der Waals surface area contributed by atoms with Crippen LogP contribution in [-0.4, -0.2) is 12.6 Å². The molecule has 0 unspecified atom stereocenters.